The molecule has 1 aliphatic carbocycles. The van der Waals surface area contributed by atoms with Gasteiger partial charge in [0.25, 0.3) is 5.91 Å². The number of pyridine rings is 1. The molecule has 0 spiro atoms. The summed E-state index contributed by atoms with van der Waals surface area (Å²) in [6.45, 7) is 4.96. The Morgan fingerprint density at radius 2 is 1.93 bits per heavy atom. The summed E-state index contributed by atoms with van der Waals surface area (Å²) in [4.78, 5) is 21.7. The monoisotopic (exact) mass is 556 g/mol. The zero-order valence-electron chi connectivity index (χ0n) is 22.6. The van der Waals surface area contributed by atoms with E-state index < -0.39 is 24.0 Å². The van der Waals surface area contributed by atoms with Gasteiger partial charge in [0.2, 0.25) is 0 Å². The maximum Gasteiger partial charge on any atom is 0.393 e. The Bertz CT molecular complexity index is 1300. The van der Waals surface area contributed by atoms with E-state index in [4.69, 9.17) is 15.9 Å². The van der Waals surface area contributed by atoms with Gasteiger partial charge in [-0.3, -0.25) is 9.78 Å². The number of fused-ring (bicyclic) bond motifs is 1. The van der Waals surface area contributed by atoms with Crippen LogP contribution in [0.5, 0.6) is 0 Å². The molecule has 1 aromatic heterocycles. The molecule has 2 unspecified atom stereocenters. The predicted molar refractivity (Wildman–Crippen MR) is 149 cm³/mol. The number of halogens is 3. The summed E-state index contributed by atoms with van der Waals surface area (Å²) in [7, 11) is 0. The number of piperidine rings is 1. The quantitative estimate of drug-likeness (QED) is 0.512. The van der Waals surface area contributed by atoms with E-state index in [9.17, 15) is 18.0 Å². The second-order valence-corrected chi connectivity index (χ2v) is 10.7. The van der Waals surface area contributed by atoms with Crippen LogP contribution in [0.25, 0.3) is 0 Å². The van der Waals surface area contributed by atoms with Gasteiger partial charge in [0.05, 0.1) is 42.3 Å². The molecule has 8 nitrogen and oxygen atoms in total. The molecule has 0 radical (unpaired) electrons. The van der Waals surface area contributed by atoms with Crippen molar-refractivity contribution < 1.29 is 22.7 Å². The van der Waals surface area contributed by atoms with Gasteiger partial charge in [-0.1, -0.05) is 18.6 Å². The fraction of sp³-hybridized carbons (Fsp3) is 0.483. The van der Waals surface area contributed by atoms with E-state index in [1.54, 1.807) is 11.0 Å². The topological polar surface area (TPSA) is 108 Å². The number of benzene rings is 1. The highest BCUT2D eigenvalue weighted by molar-refractivity contribution is 6.26. The van der Waals surface area contributed by atoms with E-state index in [0.29, 0.717) is 49.4 Å². The first-order valence-corrected chi connectivity index (χ1v) is 13.7. The van der Waals surface area contributed by atoms with Crippen molar-refractivity contribution in [3.05, 3.63) is 58.9 Å². The zero-order chi connectivity index (χ0) is 28.4. The van der Waals surface area contributed by atoms with Gasteiger partial charge in [0.1, 0.15) is 0 Å². The minimum Gasteiger partial charge on any atom is -0.378 e. The molecule has 4 N–H and O–H groups in total. The van der Waals surface area contributed by atoms with E-state index >= 15 is 0 Å². The highest BCUT2D eigenvalue weighted by Crippen LogP contribution is 2.37. The number of rotatable bonds is 5. The Morgan fingerprint density at radius 3 is 2.65 bits per heavy atom. The number of ether oxygens (including phenoxy) is 1. The standard InChI is InChI=1S/C29H35F3N6O2/c1-2-18-11-20-12-23(37-7-9-40-10-8-37)4-3-19(20)13-24(34)27(18)28(39)36-25-15-35-6-5-26(25)38-16-21(29(30,31)32)14-22(33)17-38/h3-6,12,15,21-22,34H,2,7-11,13-14,16-17,33H2,1H3,(H,36,39). The van der Waals surface area contributed by atoms with Crippen LogP contribution in [0.15, 0.2) is 47.8 Å². The number of nitrogens with two attached hydrogens (primary N) is 1. The lowest BCUT2D eigenvalue weighted by molar-refractivity contribution is -0.177. The van der Waals surface area contributed by atoms with Crippen LogP contribution in [0.3, 0.4) is 0 Å². The first kappa shape index (κ1) is 28.1. The smallest absolute Gasteiger partial charge is 0.378 e. The average molecular weight is 557 g/mol. The van der Waals surface area contributed by atoms with Crippen LogP contribution >= 0.6 is 0 Å². The van der Waals surface area contributed by atoms with Crippen LogP contribution in [0.2, 0.25) is 0 Å². The highest BCUT2D eigenvalue weighted by atomic mass is 19.4. The lowest BCUT2D eigenvalue weighted by Crippen LogP contribution is -2.51. The van der Waals surface area contributed by atoms with Crippen molar-refractivity contribution in [2.75, 3.05) is 54.5 Å². The molecule has 1 aromatic carbocycles. The maximum absolute atomic E-state index is 13.7. The molecule has 0 saturated carbocycles. The SMILES string of the molecule is CCC1=C(C(=O)Nc2cnccc2N2CC(N)CC(C(F)(F)F)C2)C(=N)Cc2ccc(N3CCOCC3)cc2C1. The molecule has 2 saturated heterocycles. The van der Waals surface area contributed by atoms with Crippen LogP contribution < -0.4 is 20.9 Å². The summed E-state index contributed by atoms with van der Waals surface area (Å²) in [5.74, 6) is -2.01. The van der Waals surface area contributed by atoms with Crippen molar-refractivity contribution in [3.8, 4) is 0 Å². The molecule has 3 heterocycles. The fourth-order valence-corrected chi connectivity index (χ4v) is 5.89. The number of hydrogen-bond acceptors (Lipinski definition) is 7. The van der Waals surface area contributed by atoms with Crippen LogP contribution in [-0.4, -0.2) is 68.2 Å². The van der Waals surface area contributed by atoms with Gasteiger partial charge in [0, 0.05) is 56.2 Å². The zero-order valence-corrected chi connectivity index (χ0v) is 22.6. The number of alkyl halides is 3. The van der Waals surface area contributed by atoms with E-state index in [2.05, 4.69) is 27.3 Å². The van der Waals surface area contributed by atoms with Gasteiger partial charge in [-0.15, -0.1) is 0 Å². The molecular formula is C29H35F3N6O2. The molecule has 11 heteroatoms. The predicted octanol–water partition coefficient (Wildman–Crippen LogP) is 4.10. The normalized spacial score (nSPS) is 22.2. The summed E-state index contributed by atoms with van der Waals surface area (Å²) in [6.07, 6.45) is -0.125. The molecule has 2 aromatic rings. The molecule has 0 bridgehead atoms. The molecule has 214 valence electrons. The first-order valence-electron chi connectivity index (χ1n) is 13.7. The second kappa shape index (κ2) is 11.6. The maximum atomic E-state index is 13.7. The van der Waals surface area contributed by atoms with E-state index in [1.165, 1.54) is 12.4 Å². The minimum atomic E-state index is -4.36. The van der Waals surface area contributed by atoms with Crippen molar-refractivity contribution in [1.29, 1.82) is 5.41 Å². The van der Waals surface area contributed by atoms with Crippen molar-refractivity contribution in [2.45, 2.75) is 44.8 Å². The van der Waals surface area contributed by atoms with Gasteiger partial charge < -0.3 is 31.0 Å². The van der Waals surface area contributed by atoms with Crippen LogP contribution in [0, 0.1) is 11.3 Å². The summed E-state index contributed by atoms with van der Waals surface area (Å²) >= 11 is 0. The fourth-order valence-electron chi connectivity index (χ4n) is 5.89. The average Bonchev–Trinajstić information content (AvgIpc) is 3.07. The molecular weight excluding hydrogens is 521 g/mol. The molecule has 2 fully saturated rings. The Balaban J connectivity index is 1.40. The number of allylic oxidation sites excluding steroid dienone is 1. The number of morpholine rings is 1. The molecule has 2 aliphatic heterocycles. The Kier molecular flexibility index (Phi) is 8.14. The van der Waals surface area contributed by atoms with Crippen molar-refractivity contribution in [3.63, 3.8) is 0 Å². The first-order chi connectivity index (χ1) is 19.1. The van der Waals surface area contributed by atoms with Crippen molar-refractivity contribution in [2.24, 2.45) is 11.7 Å². The summed E-state index contributed by atoms with van der Waals surface area (Å²) in [5, 5.41) is 11.7. The van der Waals surface area contributed by atoms with Gasteiger partial charge in [-0.05, 0) is 48.6 Å². The molecule has 40 heavy (non-hydrogen) atoms. The number of carbonyl (C=O) groups excluding carboxylic acids is 1. The van der Waals surface area contributed by atoms with E-state index in [-0.39, 0.29) is 25.2 Å². The third-order valence-corrected chi connectivity index (χ3v) is 7.98. The second-order valence-electron chi connectivity index (χ2n) is 10.7. The van der Waals surface area contributed by atoms with Crippen molar-refractivity contribution in [1.82, 2.24) is 4.98 Å². The van der Waals surface area contributed by atoms with E-state index in [0.717, 1.165) is 35.5 Å². The Morgan fingerprint density at radius 1 is 1.15 bits per heavy atom. The van der Waals surface area contributed by atoms with Gasteiger partial charge in [0.15, 0.2) is 0 Å². The van der Waals surface area contributed by atoms with Crippen LogP contribution in [0.1, 0.15) is 30.9 Å². The lowest BCUT2D eigenvalue weighted by Gasteiger charge is -2.39. The summed E-state index contributed by atoms with van der Waals surface area (Å²) < 4.78 is 46.2. The van der Waals surface area contributed by atoms with Gasteiger partial charge in [-0.2, -0.15) is 13.2 Å². The molecule has 2 atom stereocenters. The number of hydrogen-bond donors (Lipinski definition) is 3. The highest BCUT2D eigenvalue weighted by Gasteiger charge is 2.44. The number of nitrogens with zero attached hydrogens (tertiary/aromatic N) is 3. The lowest BCUT2D eigenvalue weighted by atomic mass is 9.93. The van der Waals surface area contributed by atoms with Gasteiger partial charge in [-0.25, -0.2) is 0 Å². The molecule has 3 aliphatic rings. The number of carbonyl (C=O) groups is 1. The molecule has 1 amide bonds. The van der Waals surface area contributed by atoms with Crippen molar-refractivity contribution >= 4 is 28.7 Å². The minimum absolute atomic E-state index is 0.134. The number of anilines is 3. The molecule has 5 rings (SSSR count). The summed E-state index contributed by atoms with van der Waals surface area (Å²) in [6, 6.07) is 7.20. The van der Waals surface area contributed by atoms with Crippen LogP contribution in [0.4, 0.5) is 30.2 Å². The Labute approximate surface area is 231 Å². The van der Waals surface area contributed by atoms with Crippen LogP contribution in [-0.2, 0) is 22.4 Å². The Hall–Kier alpha value is -3.44. The number of nitrogens with one attached hydrogen (secondary N) is 2. The number of amides is 1. The van der Waals surface area contributed by atoms with Gasteiger partial charge >= 0.3 is 6.18 Å². The number of aromatic nitrogens is 1. The van der Waals surface area contributed by atoms with E-state index in [1.807, 2.05) is 13.0 Å². The summed E-state index contributed by atoms with van der Waals surface area (Å²) in [5.41, 5.74) is 11.3. The largest absolute Gasteiger partial charge is 0.393 e. The third kappa shape index (κ3) is 6.00. The third-order valence-electron chi connectivity index (χ3n) is 7.98.